The SMILES string of the molecule is CC(c1ccc(S(N)(=O)=O)cc1)N(C)CCC(=O)OC(C)(C)C. The van der Waals surface area contributed by atoms with Crippen LogP contribution in [0, 0.1) is 0 Å². The number of hydrogen-bond acceptors (Lipinski definition) is 5. The molecule has 1 aromatic rings. The van der Waals surface area contributed by atoms with Crippen LogP contribution in [0.1, 0.15) is 45.7 Å². The Morgan fingerprint density at radius 2 is 1.78 bits per heavy atom. The number of sulfonamides is 1. The van der Waals surface area contributed by atoms with E-state index in [2.05, 4.69) is 0 Å². The van der Waals surface area contributed by atoms with E-state index in [4.69, 9.17) is 9.88 Å². The highest BCUT2D eigenvalue weighted by molar-refractivity contribution is 7.89. The fraction of sp³-hybridized carbons (Fsp3) is 0.562. The average molecular weight is 342 g/mol. The molecule has 0 aliphatic carbocycles. The normalized spacial score (nSPS) is 13.9. The molecule has 23 heavy (non-hydrogen) atoms. The smallest absolute Gasteiger partial charge is 0.307 e. The number of rotatable bonds is 6. The second-order valence-corrected chi connectivity index (χ2v) is 8.17. The predicted molar refractivity (Wildman–Crippen MR) is 89.3 cm³/mol. The van der Waals surface area contributed by atoms with Crippen LogP contribution in [0.2, 0.25) is 0 Å². The van der Waals surface area contributed by atoms with Crippen LogP contribution in [-0.4, -0.2) is 38.5 Å². The Morgan fingerprint density at radius 1 is 1.26 bits per heavy atom. The molecule has 0 bridgehead atoms. The van der Waals surface area contributed by atoms with Crippen molar-refractivity contribution in [1.82, 2.24) is 4.90 Å². The number of carbonyl (C=O) groups excluding carboxylic acids is 1. The molecule has 1 unspecified atom stereocenters. The van der Waals surface area contributed by atoms with Crippen molar-refractivity contribution in [3.8, 4) is 0 Å². The summed E-state index contributed by atoms with van der Waals surface area (Å²) in [7, 11) is -1.77. The maximum absolute atomic E-state index is 11.7. The van der Waals surface area contributed by atoms with Crippen molar-refractivity contribution in [2.75, 3.05) is 13.6 Å². The summed E-state index contributed by atoms with van der Waals surface area (Å²) < 4.78 is 27.8. The number of esters is 1. The van der Waals surface area contributed by atoms with Gasteiger partial charge in [-0.15, -0.1) is 0 Å². The number of carbonyl (C=O) groups is 1. The van der Waals surface area contributed by atoms with Crippen LogP contribution in [-0.2, 0) is 19.6 Å². The van der Waals surface area contributed by atoms with Gasteiger partial charge in [0, 0.05) is 12.6 Å². The highest BCUT2D eigenvalue weighted by Crippen LogP contribution is 2.20. The number of ether oxygens (including phenoxy) is 1. The van der Waals surface area contributed by atoms with E-state index >= 15 is 0 Å². The van der Waals surface area contributed by atoms with E-state index in [-0.39, 0.29) is 16.9 Å². The van der Waals surface area contributed by atoms with E-state index in [1.54, 1.807) is 12.1 Å². The molecule has 0 saturated heterocycles. The van der Waals surface area contributed by atoms with E-state index < -0.39 is 15.6 Å². The van der Waals surface area contributed by atoms with E-state index in [0.717, 1.165) is 5.56 Å². The Balaban J connectivity index is 2.63. The molecule has 1 atom stereocenters. The van der Waals surface area contributed by atoms with Crippen molar-refractivity contribution in [3.63, 3.8) is 0 Å². The lowest BCUT2D eigenvalue weighted by Crippen LogP contribution is -2.29. The molecule has 6 nitrogen and oxygen atoms in total. The molecule has 2 N–H and O–H groups in total. The fourth-order valence-corrected chi connectivity index (χ4v) is 2.56. The monoisotopic (exact) mass is 342 g/mol. The van der Waals surface area contributed by atoms with Gasteiger partial charge in [0.2, 0.25) is 10.0 Å². The van der Waals surface area contributed by atoms with Crippen molar-refractivity contribution in [2.45, 2.75) is 50.7 Å². The molecule has 0 amide bonds. The van der Waals surface area contributed by atoms with Gasteiger partial charge in [-0.2, -0.15) is 0 Å². The molecular formula is C16H26N2O4S. The lowest BCUT2D eigenvalue weighted by atomic mass is 10.1. The van der Waals surface area contributed by atoms with E-state index in [1.807, 2.05) is 39.6 Å². The van der Waals surface area contributed by atoms with Gasteiger partial charge in [-0.1, -0.05) is 12.1 Å². The molecule has 0 aliphatic rings. The zero-order valence-corrected chi connectivity index (χ0v) is 15.2. The standard InChI is InChI=1S/C16H26N2O4S/c1-12(13-6-8-14(9-7-13)23(17,20)21)18(5)11-10-15(19)22-16(2,3)4/h6-9,12H,10-11H2,1-5H3,(H2,17,20,21). The molecule has 0 heterocycles. The first-order valence-corrected chi connectivity index (χ1v) is 8.99. The van der Waals surface area contributed by atoms with Crippen molar-refractivity contribution >= 4 is 16.0 Å². The van der Waals surface area contributed by atoms with Crippen LogP contribution < -0.4 is 5.14 Å². The van der Waals surface area contributed by atoms with Gasteiger partial charge in [0.25, 0.3) is 0 Å². The summed E-state index contributed by atoms with van der Waals surface area (Å²) >= 11 is 0. The van der Waals surface area contributed by atoms with E-state index in [0.29, 0.717) is 13.0 Å². The highest BCUT2D eigenvalue weighted by atomic mass is 32.2. The van der Waals surface area contributed by atoms with Crippen LogP contribution in [0.5, 0.6) is 0 Å². The first-order chi connectivity index (χ1) is 10.4. The molecule has 0 saturated carbocycles. The Kier molecular flexibility index (Phi) is 6.33. The van der Waals surface area contributed by atoms with Gasteiger partial charge in [0.05, 0.1) is 11.3 Å². The van der Waals surface area contributed by atoms with Crippen molar-refractivity contribution in [1.29, 1.82) is 0 Å². The molecular weight excluding hydrogens is 316 g/mol. The highest BCUT2D eigenvalue weighted by Gasteiger charge is 2.18. The van der Waals surface area contributed by atoms with Crippen LogP contribution in [0.25, 0.3) is 0 Å². The van der Waals surface area contributed by atoms with Crippen molar-refractivity contribution in [2.24, 2.45) is 5.14 Å². The maximum Gasteiger partial charge on any atom is 0.307 e. The first kappa shape index (κ1) is 19.6. The summed E-state index contributed by atoms with van der Waals surface area (Å²) in [5, 5.41) is 5.08. The minimum Gasteiger partial charge on any atom is -0.460 e. The fourth-order valence-electron chi connectivity index (χ4n) is 2.04. The van der Waals surface area contributed by atoms with Crippen LogP contribution >= 0.6 is 0 Å². The summed E-state index contributed by atoms with van der Waals surface area (Å²) in [5.41, 5.74) is 0.467. The molecule has 0 aromatic heterocycles. The summed E-state index contributed by atoms with van der Waals surface area (Å²) in [6.07, 6.45) is 0.299. The first-order valence-electron chi connectivity index (χ1n) is 7.45. The third-order valence-corrected chi connectivity index (χ3v) is 4.37. The quantitative estimate of drug-likeness (QED) is 0.799. The molecule has 0 radical (unpaired) electrons. The topological polar surface area (TPSA) is 89.7 Å². The van der Waals surface area contributed by atoms with Gasteiger partial charge in [0.1, 0.15) is 5.60 Å². The molecule has 1 rings (SSSR count). The van der Waals surface area contributed by atoms with Gasteiger partial charge in [-0.25, -0.2) is 13.6 Å². The summed E-state index contributed by atoms with van der Waals surface area (Å²) in [4.78, 5) is 13.8. The Bertz CT molecular complexity index is 633. The summed E-state index contributed by atoms with van der Waals surface area (Å²) in [5.74, 6) is -0.235. The van der Waals surface area contributed by atoms with Gasteiger partial charge in [-0.05, 0) is 52.4 Å². The molecule has 0 aliphatic heterocycles. The summed E-state index contributed by atoms with van der Waals surface area (Å²) in [6.45, 7) is 8.05. The third-order valence-electron chi connectivity index (χ3n) is 3.44. The second kappa shape index (κ2) is 7.42. The number of benzene rings is 1. The molecule has 7 heteroatoms. The lowest BCUT2D eigenvalue weighted by molar-refractivity contribution is -0.155. The van der Waals surface area contributed by atoms with Gasteiger partial charge in [0.15, 0.2) is 0 Å². The number of primary sulfonamides is 1. The summed E-state index contributed by atoms with van der Waals surface area (Å²) in [6, 6.07) is 6.47. The van der Waals surface area contributed by atoms with Gasteiger partial charge < -0.3 is 4.74 Å². The zero-order valence-electron chi connectivity index (χ0n) is 14.4. The van der Waals surface area contributed by atoms with Crippen LogP contribution in [0.3, 0.4) is 0 Å². The van der Waals surface area contributed by atoms with Gasteiger partial charge >= 0.3 is 5.97 Å². The predicted octanol–water partition coefficient (Wildman–Crippen LogP) is 2.06. The molecule has 0 fully saturated rings. The molecule has 1 aromatic carbocycles. The van der Waals surface area contributed by atoms with Crippen LogP contribution in [0.15, 0.2) is 29.2 Å². The minimum atomic E-state index is -3.68. The number of hydrogen-bond donors (Lipinski definition) is 1. The van der Waals surface area contributed by atoms with Gasteiger partial charge in [-0.3, -0.25) is 9.69 Å². The van der Waals surface area contributed by atoms with E-state index in [9.17, 15) is 13.2 Å². The Labute approximate surface area is 138 Å². The lowest BCUT2D eigenvalue weighted by Gasteiger charge is -2.26. The second-order valence-electron chi connectivity index (χ2n) is 6.61. The Morgan fingerprint density at radius 3 is 2.22 bits per heavy atom. The van der Waals surface area contributed by atoms with Crippen molar-refractivity contribution < 1.29 is 17.9 Å². The average Bonchev–Trinajstić information content (AvgIpc) is 2.41. The molecule has 130 valence electrons. The minimum absolute atomic E-state index is 0.0342. The van der Waals surface area contributed by atoms with E-state index in [1.165, 1.54) is 12.1 Å². The molecule has 0 spiro atoms. The Hall–Kier alpha value is -1.44. The maximum atomic E-state index is 11.7. The number of nitrogens with zero attached hydrogens (tertiary/aromatic N) is 1. The van der Waals surface area contributed by atoms with Crippen molar-refractivity contribution in [3.05, 3.63) is 29.8 Å². The third kappa shape index (κ3) is 6.68. The number of nitrogens with two attached hydrogens (primary N) is 1. The largest absolute Gasteiger partial charge is 0.460 e. The van der Waals surface area contributed by atoms with Crippen LogP contribution in [0.4, 0.5) is 0 Å². The zero-order chi connectivity index (χ0) is 17.8.